The standard InChI is InChI=1S/C18H25FN4O/c1-3-10-23-13(2)20-21-18(23)12-22(16-8-9-16)11-17(24)14-4-6-15(19)7-5-14/h4-7,16-17,24H,3,8-12H2,1-2H3. The molecule has 1 fully saturated rings. The number of benzene rings is 1. The number of aryl methyl sites for hydroxylation is 1. The second kappa shape index (κ2) is 7.40. The van der Waals surface area contributed by atoms with Crippen molar-refractivity contribution in [3.8, 4) is 0 Å². The minimum Gasteiger partial charge on any atom is -0.387 e. The third-order valence-corrected chi connectivity index (χ3v) is 4.53. The lowest BCUT2D eigenvalue weighted by molar-refractivity contribution is 0.102. The van der Waals surface area contributed by atoms with Gasteiger partial charge < -0.3 is 9.67 Å². The summed E-state index contributed by atoms with van der Waals surface area (Å²) in [5, 5.41) is 19.0. The Labute approximate surface area is 142 Å². The van der Waals surface area contributed by atoms with Gasteiger partial charge in [0.1, 0.15) is 17.5 Å². The van der Waals surface area contributed by atoms with Gasteiger partial charge >= 0.3 is 0 Å². The Kier molecular flexibility index (Phi) is 5.26. The van der Waals surface area contributed by atoms with E-state index >= 15 is 0 Å². The summed E-state index contributed by atoms with van der Waals surface area (Å²) in [6.45, 7) is 6.23. The fourth-order valence-electron chi connectivity index (χ4n) is 3.03. The zero-order valence-corrected chi connectivity index (χ0v) is 14.3. The SMILES string of the molecule is CCCn1c(C)nnc1CN(CC(O)c1ccc(F)cc1)C1CC1. The number of hydrogen-bond acceptors (Lipinski definition) is 4. The van der Waals surface area contributed by atoms with E-state index in [1.54, 1.807) is 12.1 Å². The van der Waals surface area contributed by atoms with Gasteiger partial charge in [-0.15, -0.1) is 10.2 Å². The molecule has 1 atom stereocenters. The van der Waals surface area contributed by atoms with Gasteiger partial charge in [-0.2, -0.15) is 0 Å². The average Bonchev–Trinajstić information content (AvgIpc) is 3.36. The van der Waals surface area contributed by atoms with E-state index in [0.717, 1.165) is 43.0 Å². The van der Waals surface area contributed by atoms with Crippen molar-refractivity contribution < 1.29 is 9.50 Å². The Morgan fingerprint density at radius 2 is 2.00 bits per heavy atom. The van der Waals surface area contributed by atoms with Crippen LogP contribution in [0.15, 0.2) is 24.3 Å². The van der Waals surface area contributed by atoms with Crippen LogP contribution in [-0.2, 0) is 13.1 Å². The molecule has 1 aromatic heterocycles. The molecule has 6 heteroatoms. The summed E-state index contributed by atoms with van der Waals surface area (Å²) in [5.74, 6) is 1.60. The molecule has 0 aliphatic heterocycles. The van der Waals surface area contributed by atoms with Gasteiger partial charge in [-0.3, -0.25) is 4.90 Å². The minimum atomic E-state index is -0.630. The van der Waals surface area contributed by atoms with Crippen LogP contribution in [0.3, 0.4) is 0 Å². The van der Waals surface area contributed by atoms with E-state index in [4.69, 9.17) is 0 Å². The molecule has 1 aliphatic carbocycles. The molecule has 1 saturated carbocycles. The van der Waals surface area contributed by atoms with Crippen molar-refractivity contribution >= 4 is 0 Å². The quantitative estimate of drug-likeness (QED) is 0.808. The van der Waals surface area contributed by atoms with Gasteiger partial charge in [-0.05, 0) is 43.9 Å². The van der Waals surface area contributed by atoms with Crippen LogP contribution in [0, 0.1) is 12.7 Å². The number of aromatic nitrogens is 3. The highest BCUT2D eigenvalue weighted by atomic mass is 19.1. The molecule has 0 bridgehead atoms. The van der Waals surface area contributed by atoms with Crippen molar-refractivity contribution in [2.45, 2.75) is 58.3 Å². The van der Waals surface area contributed by atoms with Gasteiger partial charge in [-0.25, -0.2) is 4.39 Å². The van der Waals surface area contributed by atoms with Gasteiger partial charge in [0.2, 0.25) is 0 Å². The second-order valence-electron chi connectivity index (χ2n) is 6.54. The zero-order valence-electron chi connectivity index (χ0n) is 14.3. The second-order valence-corrected chi connectivity index (χ2v) is 6.54. The topological polar surface area (TPSA) is 54.2 Å². The first-order chi connectivity index (χ1) is 11.6. The van der Waals surface area contributed by atoms with Crippen molar-refractivity contribution in [3.05, 3.63) is 47.3 Å². The van der Waals surface area contributed by atoms with E-state index < -0.39 is 6.10 Å². The zero-order chi connectivity index (χ0) is 17.1. The van der Waals surface area contributed by atoms with Gasteiger partial charge in [-0.1, -0.05) is 19.1 Å². The first kappa shape index (κ1) is 17.0. The van der Waals surface area contributed by atoms with E-state index in [2.05, 4.69) is 26.6 Å². The Balaban J connectivity index is 1.70. The first-order valence-corrected chi connectivity index (χ1v) is 8.64. The van der Waals surface area contributed by atoms with Crippen LogP contribution in [0.25, 0.3) is 0 Å². The number of aliphatic hydroxyl groups is 1. The molecule has 1 aromatic carbocycles. The Morgan fingerprint density at radius 3 is 2.62 bits per heavy atom. The van der Waals surface area contributed by atoms with Crippen molar-refractivity contribution in [1.29, 1.82) is 0 Å². The summed E-state index contributed by atoms with van der Waals surface area (Å²) in [5.41, 5.74) is 0.744. The third-order valence-electron chi connectivity index (χ3n) is 4.53. The van der Waals surface area contributed by atoms with Gasteiger partial charge in [0.05, 0.1) is 12.6 Å². The number of halogens is 1. The molecule has 2 aromatic rings. The molecule has 0 saturated heterocycles. The molecule has 1 heterocycles. The van der Waals surface area contributed by atoms with Crippen LogP contribution >= 0.6 is 0 Å². The van der Waals surface area contributed by atoms with E-state index in [0.29, 0.717) is 19.1 Å². The molecular weight excluding hydrogens is 307 g/mol. The smallest absolute Gasteiger partial charge is 0.147 e. The van der Waals surface area contributed by atoms with Crippen LogP contribution in [0.4, 0.5) is 4.39 Å². The molecule has 24 heavy (non-hydrogen) atoms. The highest BCUT2D eigenvalue weighted by Crippen LogP contribution is 2.30. The maximum absolute atomic E-state index is 13.0. The number of rotatable bonds is 8. The molecule has 130 valence electrons. The number of nitrogens with zero attached hydrogens (tertiary/aromatic N) is 4. The fourth-order valence-corrected chi connectivity index (χ4v) is 3.03. The highest BCUT2D eigenvalue weighted by Gasteiger charge is 2.31. The Bertz CT molecular complexity index is 666. The normalized spacial score (nSPS) is 15.9. The van der Waals surface area contributed by atoms with Crippen molar-refractivity contribution in [3.63, 3.8) is 0 Å². The minimum absolute atomic E-state index is 0.284. The van der Waals surface area contributed by atoms with Crippen LogP contribution in [-0.4, -0.2) is 37.4 Å². The number of hydrogen-bond donors (Lipinski definition) is 1. The molecule has 0 amide bonds. The summed E-state index contributed by atoms with van der Waals surface area (Å²) in [4.78, 5) is 2.27. The molecule has 0 spiro atoms. The van der Waals surface area contributed by atoms with Crippen molar-refractivity contribution in [2.24, 2.45) is 0 Å². The predicted molar refractivity (Wildman–Crippen MR) is 89.8 cm³/mol. The highest BCUT2D eigenvalue weighted by molar-refractivity contribution is 5.19. The fraction of sp³-hybridized carbons (Fsp3) is 0.556. The van der Waals surface area contributed by atoms with Gasteiger partial charge in [0, 0.05) is 19.1 Å². The van der Waals surface area contributed by atoms with Gasteiger partial charge in [0.25, 0.3) is 0 Å². The monoisotopic (exact) mass is 332 g/mol. The summed E-state index contributed by atoms with van der Waals surface area (Å²) in [6, 6.07) is 6.57. The third kappa shape index (κ3) is 3.99. The van der Waals surface area contributed by atoms with E-state index in [-0.39, 0.29) is 5.82 Å². The van der Waals surface area contributed by atoms with E-state index in [1.807, 2.05) is 6.92 Å². The molecule has 0 radical (unpaired) electrons. The predicted octanol–water partition coefficient (Wildman–Crippen LogP) is 2.83. The molecule has 3 rings (SSSR count). The Morgan fingerprint density at radius 1 is 1.29 bits per heavy atom. The van der Waals surface area contributed by atoms with Crippen LogP contribution < -0.4 is 0 Å². The summed E-state index contributed by atoms with van der Waals surface area (Å²) < 4.78 is 15.2. The maximum atomic E-state index is 13.0. The largest absolute Gasteiger partial charge is 0.387 e. The van der Waals surface area contributed by atoms with Crippen LogP contribution in [0.1, 0.15) is 49.5 Å². The lowest BCUT2D eigenvalue weighted by Crippen LogP contribution is -2.31. The molecule has 1 N–H and O–H groups in total. The molecule has 1 unspecified atom stereocenters. The Hall–Kier alpha value is -1.79. The van der Waals surface area contributed by atoms with E-state index in [9.17, 15) is 9.50 Å². The van der Waals surface area contributed by atoms with Gasteiger partial charge in [0.15, 0.2) is 0 Å². The van der Waals surface area contributed by atoms with E-state index in [1.165, 1.54) is 12.1 Å². The summed E-state index contributed by atoms with van der Waals surface area (Å²) in [7, 11) is 0. The van der Waals surface area contributed by atoms with Crippen molar-refractivity contribution in [1.82, 2.24) is 19.7 Å². The number of aliphatic hydroxyl groups excluding tert-OH is 1. The molecule has 1 aliphatic rings. The average molecular weight is 332 g/mol. The summed E-state index contributed by atoms with van der Waals surface area (Å²) >= 11 is 0. The lowest BCUT2D eigenvalue weighted by Gasteiger charge is -2.25. The molecular formula is C18H25FN4O. The summed E-state index contributed by atoms with van der Waals surface area (Å²) in [6.07, 6.45) is 2.71. The van der Waals surface area contributed by atoms with Crippen LogP contribution in [0.5, 0.6) is 0 Å². The van der Waals surface area contributed by atoms with Crippen molar-refractivity contribution in [2.75, 3.05) is 6.54 Å². The molecule has 5 nitrogen and oxygen atoms in total. The first-order valence-electron chi connectivity index (χ1n) is 8.64. The maximum Gasteiger partial charge on any atom is 0.147 e. The lowest BCUT2D eigenvalue weighted by atomic mass is 10.1. The van der Waals surface area contributed by atoms with Crippen LogP contribution in [0.2, 0.25) is 0 Å².